The van der Waals surface area contributed by atoms with Gasteiger partial charge in [-0.2, -0.15) is 0 Å². The van der Waals surface area contributed by atoms with Gasteiger partial charge in [0.25, 0.3) is 5.91 Å². The van der Waals surface area contributed by atoms with E-state index >= 15 is 0 Å². The van der Waals surface area contributed by atoms with Crippen LogP contribution in [0.2, 0.25) is 0 Å². The number of nitrogens with one attached hydrogen (secondary N) is 2. The number of ether oxygens (including phenoxy) is 3. The summed E-state index contributed by atoms with van der Waals surface area (Å²) in [6.07, 6.45) is 3.28. The van der Waals surface area contributed by atoms with Crippen molar-refractivity contribution in [2.24, 2.45) is 0 Å². The number of methoxy groups -OCH3 is 1. The predicted octanol–water partition coefficient (Wildman–Crippen LogP) is 3.71. The van der Waals surface area contributed by atoms with Crippen LogP contribution in [0.5, 0.6) is 11.5 Å². The first-order chi connectivity index (χ1) is 12.9. The summed E-state index contributed by atoms with van der Waals surface area (Å²) < 4.78 is 16.5. The normalized spacial score (nSPS) is 10.9. The zero-order valence-electron chi connectivity index (χ0n) is 17.9. The fourth-order valence-electron chi connectivity index (χ4n) is 2.42. The third-order valence-electron chi connectivity index (χ3n) is 3.71. The van der Waals surface area contributed by atoms with Gasteiger partial charge in [0.15, 0.2) is 18.1 Å². The number of hydrogen-bond acceptors (Lipinski definition) is 5. The van der Waals surface area contributed by atoms with Gasteiger partial charge in [0, 0.05) is 25.3 Å². The van der Waals surface area contributed by atoms with Gasteiger partial charge >= 0.3 is 0 Å². The van der Waals surface area contributed by atoms with E-state index in [1.807, 2.05) is 39.0 Å². The lowest BCUT2D eigenvalue weighted by Crippen LogP contribution is -2.43. The maximum atomic E-state index is 11.9. The molecule has 162 valence electrons. The Kier molecular flexibility index (Phi) is 13.7. The Balaban J connectivity index is 0.00000729. The molecule has 0 spiro atoms. The third-order valence-corrected chi connectivity index (χ3v) is 3.71. The van der Waals surface area contributed by atoms with Gasteiger partial charge in [-0.3, -0.25) is 4.79 Å². The molecule has 0 saturated carbocycles. The summed E-state index contributed by atoms with van der Waals surface area (Å²) in [7, 11) is 1.60. The molecule has 0 aliphatic heterocycles. The van der Waals surface area contributed by atoms with E-state index in [4.69, 9.17) is 14.2 Å². The summed E-state index contributed by atoms with van der Waals surface area (Å²) >= 11 is 0. The van der Waals surface area contributed by atoms with Crippen LogP contribution in [0.1, 0.15) is 52.5 Å². The van der Waals surface area contributed by atoms with Crippen molar-refractivity contribution in [2.75, 3.05) is 33.5 Å². The third kappa shape index (κ3) is 12.1. The van der Waals surface area contributed by atoms with E-state index in [2.05, 4.69) is 17.6 Å². The Labute approximate surface area is 176 Å². The molecule has 0 aliphatic rings. The molecule has 2 N–H and O–H groups in total. The molecule has 1 rings (SSSR count). The van der Waals surface area contributed by atoms with Crippen LogP contribution in [-0.4, -0.2) is 44.9 Å². The monoisotopic (exact) mass is 416 g/mol. The van der Waals surface area contributed by atoms with Crippen molar-refractivity contribution >= 4 is 18.3 Å². The molecule has 7 heteroatoms. The Morgan fingerprint density at radius 1 is 1.11 bits per heavy atom. The Morgan fingerprint density at radius 3 is 2.46 bits per heavy atom. The molecule has 0 heterocycles. The second-order valence-electron chi connectivity index (χ2n) is 7.57. The van der Waals surface area contributed by atoms with Crippen molar-refractivity contribution in [3.8, 4) is 11.5 Å². The number of unbranched alkanes of at least 4 members (excludes halogenated alkanes) is 1. The number of carbonyl (C=O) groups is 1. The van der Waals surface area contributed by atoms with Crippen LogP contribution < -0.4 is 20.1 Å². The quantitative estimate of drug-likeness (QED) is 0.480. The maximum Gasteiger partial charge on any atom is 0.258 e. The van der Waals surface area contributed by atoms with E-state index in [1.54, 1.807) is 7.11 Å². The number of carbonyl (C=O) groups excluding carboxylic acids is 1. The summed E-state index contributed by atoms with van der Waals surface area (Å²) in [4.78, 5) is 11.9. The van der Waals surface area contributed by atoms with E-state index < -0.39 is 0 Å². The molecule has 0 fully saturated rings. The van der Waals surface area contributed by atoms with Crippen molar-refractivity contribution < 1.29 is 19.0 Å². The summed E-state index contributed by atoms with van der Waals surface area (Å²) in [5.74, 6) is 1.03. The van der Waals surface area contributed by atoms with Gasteiger partial charge in [-0.1, -0.05) is 19.4 Å². The second kappa shape index (κ2) is 14.5. The standard InChI is InChI=1S/C21H36N2O4.ClH/c1-6-7-12-26-13-8-11-22-15-17-9-10-18(19(14-17)25-5)27-16-20(24)23-21(2,3)4;/h9-10,14,22H,6-8,11-13,15-16H2,1-5H3,(H,23,24);1H. The van der Waals surface area contributed by atoms with Gasteiger partial charge in [0.05, 0.1) is 7.11 Å². The Hall–Kier alpha value is -1.50. The van der Waals surface area contributed by atoms with E-state index in [9.17, 15) is 4.79 Å². The molecule has 1 amide bonds. The number of rotatable bonds is 13. The molecule has 0 saturated heterocycles. The number of hydrogen-bond donors (Lipinski definition) is 2. The highest BCUT2D eigenvalue weighted by molar-refractivity contribution is 5.85. The molecular formula is C21H37ClN2O4. The van der Waals surface area contributed by atoms with Crippen LogP contribution in [0.3, 0.4) is 0 Å². The number of halogens is 1. The van der Waals surface area contributed by atoms with Crippen LogP contribution in [0.15, 0.2) is 18.2 Å². The molecule has 0 aliphatic carbocycles. The highest BCUT2D eigenvalue weighted by Crippen LogP contribution is 2.28. The average Bonchev–Trinajstić information content (AvgIpc) is 2.61. The van der Waals surface area contributed by atoms with E-state index in [1.165, 1.54) is 6.42 Å². The Bertz CT molecular complexity index is 562. The molecule has 0 aromatic heterocycles. The largest absolute Gasteiger partial charge is 0.493 e. The minimum atomic E-state index is -0.277. The first-order valence-electron chi connectivity index (χ1n) is 9.75. The van der Waals surface area contributed by atoms with Crippen LogP contribution in [-0.2, 0) is 16.1 Å². The average molecular weight is 417 g/mol. The van der Waals surface area contributed by atoms with E-state index in [0.717, 1.165) is 44.7 Å². The van der Waals surface area contributed by atoms with Crippen LogP contribution in [0.25, 0.3) is 0 Å². The number of benzene rings is 1. The maximum absolute atomic E-state index is 11.9. The molecule has 0 bridgehead atoms. The highest BCUT2D eigenvalue weighted by atomic mass is 35.5. The lowest BCUT2D eigenvalue weighted by atomic mass is 10.1. The molecule has 0 unspecified atom stereocenters. The van der Waals surface area contributed by atoms with Gasteiger partial charge in [-0.05, 0) is 57.9 Å². The van der Waals surface area contributed by atoms with Crippen LogP contribution in [0.4, 0.5) is 0 Å². The van der Waals surface area contributed by atoms with Gasteiger partial charge in [-0.15, -0.1) is 12.4 Å². The van der Waals surface area contributed by atoms with Gasteiger partial charge in [-0.25, -0.2) is 0 Å². The van der Waals surface area contributed by atoms with Crippen molar-refractivity contribution in [1.29, 1.82) is 0 Å². The smallest absolute Gasteiger partial charge is 0.258 e. The van der Waals surface area contributed by atoms with Crippen LogP contribution in [0, 0.1) is 0 Å². The van der Waals surface area contributed by atoms with E-state index in [-0.39, 0.29) is 30.5 Å². The fraction of sp³-hybridized carbons (Fsp3) is 0.667. The molecule has 0 radical (unpaired) electrons. The zero-order chi connectivity index (χ0) is 20.1. The van der Waals surface area contributed by atoms with Crippen molar-refractivity contribution in [3.05, 3.63) is 23.8 Å². The fourth-order valence-corrected chi connectivity index (χ4v) is 2.42. The second-order valence-corrected chi connectivity index (χ2v) is 7.57. The summed E-state index contributed by atoms with van der Waals surface area (Å²) in [6, 6.07) is 5.75. The van der Waals surface area contributed by atoms with Crippen molar-refractivity contribution in [2.45, 2.75) is 59.0 Å². The van der Waals surface area contributed by atoms with E-state index in [0.29, 0.717) is 11.5 Å². The van der Waals surface area contributed by atoms with Gasteiger partial charge in [0.1, 0.15) is 0 Å². The predicted molar refractivity (Wildman–Crippen MR) is 116 cm³/mol. The highest BCUT2D eigenvalue weighted by Gasteiger charge is 2.15. The van der Waals surface area contributed by atoms with Gasteiger partial charge < -0.3 is 24.8 Å². The zero-order valence-corrected chi connectivity index (χ0v) is 18.7. The van der Waals surface area contributed by atoms with Crippen molar-refractivity contribution in [1.82, 2.24) is 10.6 Å². The molecule has 28 heavy (non-hydrogen) atoms. The molecular weight excluding hydrogens is 380 g/mol. The first kappa shape index (κ1) is 26.5. The Morgan fingerprint density at radius 2 is 1.82 bits per heavy atom. The molecule has 6 nitrogen and oxygen atoms in total. The lowest BCUT2D eigenvalue weighted by molar-refractivity contribution is -0.124. The first-order valence-corrected chi connectivity index (χ1v) is 9.75. The topological polar surface area (TPSA) is 68.8 Å². The summed E-state index contributed by atoms with van der Waals surface area (Å²) in [6.45, 7) is 11.2. The molecule has 1 aromatic carbocycles. The van der Waals surface area contributed by atoms with Gasteiger partial charge in [0.2, 0.25) is 0 Å². The summed E-state index contributed by atoms with van der Waals surface area (Å²) in [5, 5.41) is 6.27. The molecule has 0 atom stereocenters. The van der Waals surface area contributed by atoms with Crippen molar-refractivity contribution in [3.63, 3.8) is 0 Å². The number of amides is 1. The minimum absolute atomic E-state index is 0. The summed E-state index contributed by atoms with van der Waals surface area (Å²) in [5.41, 5.74) is 0.825. The molecule has 1 aromatic rings. The lowest BCUT2D eigenvalue weighted by Gasteiger charge is -2.20. The minimum Gasteiger partial charge on any atom is -0.493 e. The SMILES string of the molecule is CCCCOCCCNCc1ccc(OCC(=O)NC(C)(C)C)c(OC)c1.Cl. The van der Waals surface area contributed by atoms with Crippen LogP contribution >= 0.6 is 12.4 Å².